The fourth-order valence-electron chi connectivity index (χ4n) is 2.10. The quantitative estimate of drug-likeness (QED) is 0.897. The molecule has 6 nitrogen and oxygen atoms in total. The molecule has 0 atom stereocenters. The molecule has 0 aliphatic carbocycles. The van der Waals surface area contributed by atoms with Crippen LogP contribution in [0.25, 0.3) is 0 Å². The molecule has 2 aromatic rings. The minimum Gasteiger partial charge on any atom is -0.497 e. The highest BCUT2D eigenvalue weighted by Crippen LogP contribution is 2.25. The van der Waals surface area contributed by atoms with Gasteiger partial charge < -0.3 is 14.8 Å². The van der Waals surface area contributed by atoms with Crippen molar-refractivity contribution in [2.24, 2.45) is 0 Å². The first kappa shape index (κ1) is 17.8. The first-order valence-corrected chi connectivity index (χ1v) is 8.99. The van der Waals surface area contributed by atoms with Crippen molar-refractivity contribution in [1.29, 1.82) is 0 Å². The molecule has 0 aliphatic rings. The minimum absolute atomic E-state index is 0.145. The number of nitrogens with one attached hydrogen (secondary N) is 1. The van der Waals surface area contributed by atoms with Crippen LogP contribution in [0.4, 0.5) is 5.69 Å². The predicted octanol–water partition coefficient (Wildman–Crippen LogP) is 2.67. The standard InChI is InChI=1S/C17H19NO5S/c1-11-5-6-15(24(4,20)21)10-16(11)18-17(19)12-7-13(22-2)9-14(8-12)23-3/h5-10H,1-4H3,(H,18,19). The summed E-state index contributed by atoms with van der Waals surface area (Å²) in [4.78, 5) is 12.6. The van der Waals surface area contributed by atoms with E-state index in [1.54, 1.807) is 31.2 Å². The number of hydrogen-bond acceptors (Lipinski definition) is 5. The monoisotopic (exact) mass is 349 g/mol. The molecule has 24 heavy (non-hydrogen) atoms. The topological polar surface area (TPSA) is 81.7 Å². The molecular formula is C17H19NO5S. The molecule has 0 radical (unpaired) electrons. The molecule has 128 valence electrons. The van der Waals surface area contributed by atoms with Gasteiger partial charge in [-0.15, -0.1) is 0 Å². The van der Waals surface area contributed by atoms with E-state index in [0.717, 1.165) is 11.8 Å². The van der Waals surface area contributed by atoms with Crippen LogP contribution in [0, 0.1) is 6.92 Å². The van der Waals surface area contributed by atoms with E-state index in [-0.39, 0.29) is 10.8 Å². The zero-order valence-electron chi connectivity index (χ0n) is 13.9. The molecular weight excluding hydrogens is 330 g/mol. The minimum atomic E-state index is -3.36. The molecule has 2 aromatic carbocycles. The van der Waals surface area contributed by atoms with Crippen molar-refractivity contribution in [2.75, 3.05) is 25.8 Å². The number of rotatable bonds is 5. The highest BCUT2D eigenvalue weighted by atomic mass is 32.2. The molecule has 7 heteroatoms. The van der Waals surface area contributed by atoms with E-state index in [1.165, 1.54) is 26.4 Å². The first-order valence-electron chi connectivity index (χ1n) is 7.09. The van der Waals surface area contributed by atoms with Gasteiger partial charge in [-0.2, -0.15) is 0 Å². The van der Waals surface area contributed by atoms with Crippen LogP contribution in [0.2, 0.25) is 0 Å². The molecule has 0 bridgehead atoms. The molecule has 0 unspecified atom stereocenters. The van der Waals surface area contributed by atoms with Crippen molar-refractivity contribution in [1.82, 2.24) is 0 Å². The van der Waals surface area contributed by atoms with Crippen LogP contribution in [-0.4, -0.2) is 34.8 Å². The second-order valence-electron chi connectivity index (χ2n) is 5.30. The van der Waals surface area contributed by atoms with Crippen molar-refractivity contribution in [3.63, 3.8) is 0 Å². The van der Waals surface area contributed by atoms with E-state index in [4.69, 9.17) is 9.47 Å². The smallest absolute Gasteiger partial charge is 0.255 e. The molecule has 0 aliphatic heterocycles. The van der Waals surface area contributed by atoms with Crippen LogP contribution >= 0.6 is 0 Å². The summed E-state index contributed by atoms with van der Waals surface area (Å²) in [5.74, 6) is 0.586. The van der Waals surface area contributed by atoms with Gasteiger partial charge in [-0.25, -0.2) is 8.42 Å². The Morgan fingerprint density at radius 2 is 1.58 bits per heavy atom. The van der Waals surface area contributed by atoms with Gasteiger partial charge in [0.15, 0.2) is 9.84 Å². The molecule has 0 saturated carbocycles. The van der Waals surface area contributed by atoms with E-state index >= 15 is 0 Å². The lowest BCUT2D eigenvalue weighted by Crippen LogP contribution is -2.13. The third kappa shape index (κ3) is 4.05. The number of ether oxygens (including phenoxy) is 2. The van der Waals surface area contributed by atoms with Gasteiger partial charge in [0.05, 0.1) is 19.1 Å². The number of hydrogen-bond donors (Lipinski definition) is 1. The number of carbonyl (C=O) groups excluding carboxylic acids is 1. The third-order valence-electron chi connectivity index (χ3n) is 3.50. The zero-order chi connectivity index (χ0) is 17.9. The van der Waals surface area contributed by atoms with E-state index in [1.807, 2.05) is 0 Å². The molecule has 1 amide bonds. The van der Waals surface area contributed by atoms with E-state index in [2.05, 4.69) is 5.32 Å². The Hall–Kier alpha value is -2.54. The average Bonchev–Trinajstić information content (AvgIpc) is 2.55. The Morgan fingerprint density at radius 3 is 2.08 bits per heavy atom. The Bertz CT molecular complexity index is 852. The Labute approximate surface area is 141 Å². The van der Waals surface area contributed by atoms with Crippen LogP contribution < -0.4 is 14.8 Å². The fraction of sp³-hybridized carbons (Fsp3) is 0.235. The van der Waals surface area contributed by atoms with E-state index in [0.29, 0.717) is 22.7 Å². The summed E-state index contributed by atoms with van der Waals surface area (Å²) in [5, 5.41) is 2.73. The lowest BCUT2D eigenvalue weighted by atomic mass is 10.1. The molecule has 0 heterocycles. The second-order valence-corrected chi connectivity index (χ2v) is 7.32. The number of amides is 1. The summed E-state index contributed by atoms with van der Waals surface area (Å²) in [6.07, 6.45) is 1.12. The summed E-state index contributed by atoms with van der Waals surface area (Å²) in [5.41, 5.74) is 1.53. The van der Waals surface area contributed by atoms with Gasteiger partial charge in [-0.05, 0) is 36.8 Å². The summed E-state index contributed by atoms with van der Waals surface area (Å²) in [7, 11) is -0.363. The lowest BCUT2D eigenvalue weighted by Gasteiger charge is -2.12. The van der Waals surface area contributed by atoms with Crippen molar-refractivity contribution in [3.05, 3.63) is 47.5 Å². The van der Waals surface area contributed by atoms with Gasteiger partial charge in [0.25, 0.3) is 5.91 Å². The number of aryl methyl sites for hydroxylation is 1. The molecule has 0 fully saturated rings. The van der Waals surface area contributed by atoms with Crippen LogP contribution in [0.1, 0.15) is 15.9 Å². The number of methoxy groups -OCH3 is 2. The normalized spacial score (nSPS) is 11.0. The van der Waals surface area contributed by atoms with E-state index < -0.39 is 9.84 Å². The summed E-state index contributed by atoms with van der Waals surface area (Å²) in [6.45, 7) is 1.79. The molecule has 0 saturated heterocycles. The van der Waals surface area contributed by atoms with Crippen LogP contribution in [0.5, 0.6) is 11.5 Å². The fourth-order valence-corrected chi connectivity index (χ4v) is 2.75. The largest absolute Gasteiger partial charge is 0.497 e. The average molecular weight is 349 g/mol. The Kier molecular flexibility index (Phi) is 5.14. The SMILES string of the molecule is COc1cc(OC)cc(C(=O)Nc2cc(S(C)(=O)=O)ccc2C)c1. The van der Waals surface area contributed by atoms with Crippen LogP contribution in [0.15, 0.2) is 41.3 Å². The van der Waals surface area contributed by atoms with Gasteiger partial charge in [0.2, 0.25) is 0 Å². The number of sulfone groups is 1. The summed E-state index contributed by atoms with van der Waals surface area (Å²) in [6, 6.07) is 9.42. The molecule has 0 aromatic heterocycles. The van der Waals surface area contributed by atoms with Crippen molar-refractivity contribution >= 4 is 21.4 Å². The zero-order valence-corrected chi connectivity index (χ0v) is 14.7. The second kappa shape index (κ2) is 6.92. The predicted molar refractivity (Wildman–Crippen MR) is 91.8 cm³/mol. The summed E-state index contributed by atoms with van der Waals surface area (Å²) < 4.78 is 33.6. The maximum atomic E-state index is 12.5. The molecule has 2 rings (SSSR count). The van der Waals surface area contributed by atoms with Gasteiger partial charge >= 0.3 is 0 Å². The third-order valence-corrected chi connectivity index (χ3v) is 4.61. The maximum Gasteiger partial charge on any atom is 0.255 e. The Balaban J connectivity index is 2.36. The van der Waals surface area contributed by atoms with Crippen molar-refractivity contribution in [2.45, 2.75) is 11.8 Å². The summed E-state index contributed by atoms with van der Waals surface area (Å²) >= 11 is 0. The van der Waals surface area contributed by atoms with Gasteiger partial charge in [-0.1, -0.05) is 6.07 Å². The van der Waals surface area contributed by atoms with Crippen LogP contribution in [-0.2, 0) is 9.84 Å². The van der Waals surface area contributed by atoms with Gasteiger partial charge in [-0.3, -0.25) is 4.79 Å². The van der Waals surface area contributed by atoms with Crippen molar-refractivity contribution in [3.8, 4) is 11.5 Å². The maximum absolute atomic E-state index is 12.5. The highest BCUT2D eigenvalue weighted by Gasteiger charge is 2.14. The highest BCUT2D eigenvalue weighted by molar-refractivity contribution is 7.90. The van der Waals surface area contributed by atoms with E-state index in [9.17, 15) is 13.2 Å². The molecule has 1 N–H and O–H groups in total. The lowest BCUT2D eigenvalue weighted by molar-refractivity contribution is 0.102. The van der Waals surface area contributed by atoms with Crippen molar-refractivity contribution < 1.29 is 22.7 Å². The van der Waals surface area contributed by atoms with Gasteiger partial charge in [0, 0.05) is 23.6 Å². The number of anilines is 1. The Morgan fingerprint density at radius 1 is 1.00 bits per heavy atom. The van der Waals surface area contributed by atoms with Crippen LogP contribution in [0.3, 0.4) is 0 Å². The van der Waals surface area contributed by atoms with Gasteiger partial charge in [0.1, 0.15) is 11.5 Å². The number of carbonyl (C=O) groups is 1. The molecule has 0 spiro atoms. The first-order chi connectivity index (χ1) is 11.2. The number of benzene rings is 2.